The largest absolute Gasteiger partial charge is 0.257 e. The van der Waals surface area contributed by atoms with E-state index in [0.717, 1.165) is 19.5 Å². The van der Waals surface area contributed by atoms with Crippen LogP contribution < -0.4 is 10.9 Å². The Morgan fingerprint density at radius 3 is 2.21 bits per heavy atom. The number of aryl methyl sites for hydroxylation is 1. The van der Waals surface area contributed by atoms with Gasteiger partial charge in [0.25, 0.3) is 0 Å². The summed E-state index contributed by atoms with van der Waals surface area (Å²) >= 11 is 0. The van der Waals surface area contributed by atoms with E-state index >= 15 is 0 Å². The maximum Gasteiger partial charge on any atom is 0.0207 e. The van der Waals surface area contributed by atoms with Crippen LogP contribution in [-0.4, -0.2) is 13.1 Å². The second-order valence-electron chi connectivity index (χ2n) is 4.32. The summed E-state index contributed by atoms with van der Waals surface area (Å²) in [5, 5.41) is 0. The molecule has 0 radical (unpaired) electrons. The second-order valence-corrected chi connectivity index (χ2v) is 4.32. The minimum Gasteiger partial charge on any atom is -0.257 e. The lowest BCUT2D eigenvalue weighted by molar-refractivity contribution is 0.553. The third-order valence-electron chi connectivity index (χ3n) is 3.14. The van der Waals surface area contributed by atoms with Crippen molar-refractivity contribution in [1.29, 1.82) is 0 Å². The Labute approximate surface area is 85.7 Å². The number of rotatable bonds is 2. The Kier molecular flexibility index (Phi) is 2.57. The topological polar surface area (TPSA) is 24.1 Å². The second kappa shape index (κ2) is 3.71. The minimum atomic E-state index is 0.256. The molecule has 0 amide bonds. The molecule has 1 aromatic rings. The molecule has 1 saturated heterocycles. The lowest BCUT2D eigenvalue weighted by Gasteiger charge is -2.22. The quantitative estimate of drug-likeness (QED) is 0.740. The molecule has 0 aliphatic carbocycles. The first-order valence-corrected chi connectivity index (χ1v) is 5.30. The maximum absolute atomic E-state index is 3.19. The van der Waals surface area contributed by atoms with E-state index in [1.54, 1.807) is 0 Å². The Hall–Kier alpha value is -0.860. The molecule has 2 N–H and O–H groups in total. The summed E-state index contributed by atoms with van der Waals surface area (Å²) in [6.07, 6.45) is 1.12. The normalized spacial score (nSPS) is 19.9. The third-order valence-corrected chi connectivity index (χ3v) is 3.14. The molecule has 2 nitrogen and oxygen atoms in total. The van der Waals surface area contributed by atoms with Crippen molar-refractivity contribution in [1.82, 2.24) is 10.9 Å². The van der Waals surface area contributed by atoms with E-state index < -0.39 is 0 Å². The summed E-state index contributed by atoms with van der Waals surface area (Å²) in [7, 11) is 0. The van der Waals surface area contributed by atoms with Gasteiger partial charge in [-0.1, -0.05) is 38.1 Å². The molecule has 2 heteroatoms. The van der Waals surface area contributed by atoms with Crippen LogP contribution in [0.1, 0.15) is 25.0 Å². The van der Waals surface area contributed by atoms with Gasteiger partial charge < -0.3 is 0 Å². The van der Waals surface area contributed by atoms with Gasteiger partial charge in [-0.05, 0) is 17.5 Å². The van der Waals surface area contributed by atoms with Crippen LogP contribution in [0.3, 0.4) is 0 Å². The summed E-state index contributed by atoms with van der Waals surface area (Å²) in [6.45, 7) is 6.51. The lowest BCUT2D eigenvalue weighted by Crippen LogP contribution is -2.27. The van der Waals surface area contributed by atoms with Gasteiger partial charge in [-0.15, -0.1) is 0 Å². The van der Waals surface area contributed by atoms with Gasteiger partial charge in [-0.3, -0.25) is 10.9 Å². The van der Waals surface area contributed by atoms with Crippen molar-refractivity contribution < 1.29 is 0 Å². The third kappa shape index (κ3) is 1.68. The molecule has 1 aliphatic rings. The Morgan fingerprint density at radius 1 is 1.14 bits per heavy atom. The molecule has 14 heavy (non-hydrogen) atoms. The standard InChI is InChI=1S/C12H18N2/c1-3-10-4-6-11(7-5-10)12(2)8-13-14-9-12/h4-7,13-14H,3,8-9H2,1-2H3. The highest BCUT2D eigenvalue weighted by Crippen LogP contribution is 2.24. The van der Waals surface area contributed by atoms with Crippen molar-refractivity contribution in [2.45, 2.75) is 25.7 Å². The van der Waals surface area contributed by atoms with Gasteiger partial charge in [0.1, 0.15) is 0 Å². The summed E-state index contributed by atoms with van der Waals surface area (Å²) in [6, 6.07) is 8.98. The zero-order chi connectivity index (χ0) is 10.0. The average Bonchev–Trinajstić information content (AvgIpc) is 2.67. The van der Waals surface area contributed by atoms with Crippen LogP contribution in [0.25, 0.3) is 0 Å². The molecule has 0 aromatic heterocycles. The molecule has 1 heterocycles. The van der Waals surface area contributed by atoms with E-state index in [0.29, 0.717) is 0 Å². The van der Waals surface area contributed by atoms with Crippen LogP contribution >= 0.6 is 0 Å². The highest BCUT2D eigenvalue weighted by molar-refractivity contribution is 5.30. The summed E-state index contributed by atoms with van der Waals surface area (Å²) < 4.78 is 0. The lowest BCUT2D eigenvalue weighted by atomic mass is 9.83. The van der Waals surface area contributed by atoms with Crippen molar-refractivity contribution in [3.63, 3.8) is 0 Å². The zero-order valence-electron chi connectivity index (χ0n) is 8.93. The molecule has 0 bridgehead atoms. The van der Waals surface area contributed by atoms with Crippen LogP contribution in [0.4, 0.5) is 0 Å². The predicted molar refractivity (Wildman–Crippen MR) is 59.2 cm³/mol. The van der Waals surface area contributed by atoms with E-state index in [1.807, 2.05) is 0 Å². The van der Waals surface area contributed by atoms with Crippen molar-refractivity contribution in [3.05, 3.63) is 35.4 Å². The SMILES string of the molecule is CCc1ccc(C2(C)CNNC2)cc1. The molecule has 1 aliphatic heterocycles. The van der Waals surface area contributed by atoms with E-state index in [1.165, 1.54) is 11.1 Å². The number of nitrogens with one attached hydrogen (secondary N) is 2. The van der Waals surface area contributed by atoms with Crippen molar-refractivity contribution in [2.24, 2.45) is 0 Å². The fraction of sp³-hybridized carbons (Fsp3) is 0.500. The van der Waals surface area contributed by atoms with Crippen LogP contribution in [0.5, 0.6) is 0 Å². The van der Waals surface area contributed by atoms with Crippen LogP contribution in [-0.2, 0) is 11.8 Å². The first kappa shape index (κ1) is 9.69. The minimum absolute atomic E-state index is 0.256. The molecule has 0 atom stereocenters. The predicted octanol–water partition coefficient (Wildman–Crippen LogP) is 1.61. The van der Waals surface area contributed by atoms with Gasteiger partial charge in [0.05, 0.1) is 0 Å². The highest BCUT2D eigenvalue weighted by atomic mass is 15.4. The average molecular weight is 190 g/mol. The number of hydrogen-bond acceptors (Lipinski definition) is 2. The molecule has 76 valence electrons. The zero-order valence-corrected chi connectivity index (χ0v) is 8.93. The molecular formula is C12H18N2. The van der Waals surface area contributed by atoms with Crippen molar-refractivity contribution in [2.75, 3.05) is 13.1 Å². The fourth-order valence-corrected chi connectivity index (χ4v) is 1.92. The first-order valence-electron chi connectivity index (χ1n) is 5.30. The van der Waals surface area contributed by atoms with E-state index in [2.05, 4.69) is 49.0 Å². The molecular weight excluding hydrogens is 172 g/mol. The Bertz CT molecular complexity index is 297. The maximum atomic E-state index is 3.19. The van der Waals surface area contributed by atoms with Crippen molar-refractivity contribution >= 4 is 0 Å². The molecule has 0 spiro atoms. The van der Waals surface area contributed by atoms with Gasteiger partial charge in [-0.25, -0.2) is 0 Å². The van der Waals surface area contributed by atoms with E-state index in [4.69, 9.17) is 0 Å². The molecule has 0 saturated carbocycles. The molecule has 1 aromatic carbocycles. The van der Waals surface area contributed by atoms with Crippen LogP contribution in [0.2, 0.25) is 0 Å². The van der Waals surface area contributed by atoms with Crippen LogP contribution in [0, 0.1) is 0 Å². The van der Waals surface area contributed by atoms with Crippen LogP contribution in [0.15, 0.2) is 24.3 Å². The highest BCUT2D eigenvalue weighted by Gasteiger charge is 2.30. The molecule has 2 rings (SSSR count). The number of hydrogen-bond donors (Lipinski definition) is 2. The van der Waals surface area contributed by atoms with Gasteiger partial charge in [0, 0.05) is 18.5 Å². The summed E-state index contributed by atoms with van der Waals surface area (Å²) in [5.74, 6) is 0. The van der Waals surface area contributed by atoms with Crippen molar-refractivity contribution in [3.8, 4) is 0 Å². The van der Waals surface area contributed by atoms with Gasteiger partial charge in [0.15, 0.2) is 0 Å². The molecule has 0 unspecified atom stereocenters. The Morgan fingerprint density at radius 2 is 1.71 bits per heavy atom. The van der Waals surface area contributed by atoms with Gasteiger partial charge in [0.2, 0.25) is 0 Å². The first-order chi connectivity index (χ1) is 6.74. The van der Waals surface area contributed by atoms with E-state index in [-0.39, 0.29) is 5.41 Å². The Balaban J connectivity index is 2.23. The molecule has 1 fully saturated rings. The fourth-order valence-electron chi connectivity index (χ4n) is 1.92. The smallest absolute Gasteiger partial charge is 0.0207 e. The summed E-state index contributed by atoms with van der Waals surface area (Å²) in [4.78, 5) is 0. The van der Waals surface area contributed by atoms with Gasteiger partial charge in [-0.2, -0.15) is 0 Å². The van der Waals surface area contributed by atoms with E-state index in [9.17, 15) is 0 Å². The van der Waals surface area contributed by atoms with Gasteiger partial charge >= 0.3 is 0 Å². The number of hydrazine groups is 1. The summed E-state index contributed by atoms with van der Waals surface area (Å²) in [5.41, 5.74) is 9.47. The number of benzene rings is 1. The monoisotopic (exact) mass is 190 g/mol.